The van der Waals surface area contributed by atoms with E-state index in [0.717, 1.165) is 15.9 Å². The summed E-state index contributed by atoms with van der Waals surface area (Å²) in [5.41, 5.74) is 7.35. The highest BCUT2D eigenvalue weighted by Gasteiger charge is 2.02. The lowest BCUT2D eigenvalue weighted by atomic mass is 10.4. The zero-order valence-corrected chi connectivity index (χ0v) is 9.19. The lowest BCUT2D eigenvalue weighted by Gasteiger charge is -2.02. The number of nitrogens with two attached hydrogens (primary N) is 1. The quantitative estimate of drug-likeness (QED) is 0.844. The molecule has 0 spiro atoms. The van der Waals surface area contributed by atoms with Crippen molar-refractivity contribution in [3.8, 4) is 5.82 Å². The van der Waals surface area contributed by atoms with Crippen molar-refractivity contribution in [1.29, 1.82) is 0 Å². The van der Waals surface area contributed by atoms with Crippen LogP contribution in [0.5, 0.6) is 0 Å². The van der Waals surface area contributed by atoms with E-state index in [9.17, 15) is 0 Å². The van der Waals surface area contributed by atoms with E-state index < -0.39 is 0 Å². The maximum absolute atomic E-state index is 5.63. The summed E-state index contributed by atoms with van der Waals surface area (Å²) in [5.74, 6) is 0.749. The first kappa shape index (κ1) is 9.21. The van der Waals surface area contributed by atoms with Crippen molar-refractivity contribution in [2.75, 3.05) is 5.73 Å². The molecule has 2 aromatic heterocycles. The maximum atomic E-state index is 5.63. The number of hydrogen-bond donors (Lipinski definition) is 1. The van der Waals surface area contributed by atoms with E-state index in [1.807, 2.05) is 19.2 Å². The minimum absolute atomic E-state index is 0.623. The van der Waals surface area contributed by atoms with Crippen LogP contribution in [0.2, 0.25) is 0 Å². The van der Waals surface area contributed by atoms with Gasteiger partial charge in [-0.15, -0.1) is 0 Å². The van der Waals surface area contributed by atoms with Gasteiger partial charge in [-0.3, -0.25) is 0 Å². The molecule has 0 saturated heterocycles. The molecule has 14 heavy (non-hydrogen) atoms. The van der Waals surface area contributed by atoms with Crippen molar-refractivity contribution in [3.63, 3.8) is 0 Å². The molecule has 0 aromatic carbocycles. The topological polar surface area (TPSA) is 56.7 Å². The highest BCUT2D eigenvalue weighted by atomic mass is 79.9. The minimum Gasteiger partial charge on any atom is -0.397 e. The lowest BCUT2D eigenvalue weighted by Crippen LogP contribution is -1.99. The second-order valence-corrected chi connectivity index (χ2v) is 3.88. The number of hydrogen-bond acceptors (Lipinski definition) is 3. The van der Waals surface area contributed by atoms with Crippen LogP contribution < -0.4 is 5.73 Å². The normalized spacial score (nSPS) is 10.4. The summed E-state index contributed by atoms with van der Waals surface area (Å²) in [6.45, 7) is 1.98. The molecule has 0 amide bonds. The third-order valence-corrected chi connectivity index (χ3v) is 2.50. The Hall–Kier alpha value is -1.36. The number of anilines is 1. The SMILES string of the molecule is Cc1cnn(-c2cc(Br)c(N)cn2)c1. The highest BCUT2D eigenvalue weighted by Crippen LogP contribution is 2.19. The first-order valence-corrected chi connectivity index (χ1v) is 4.89. The Morgan fingerprint density at radius 2 is 2.21 bits per heavy atom. The van der Waals surface area contributed by atoms with Crippen molar-refractivity contribution >= 4 is 21.6 Å². The van der Waals surface area contributed by atoms with Crippen molar-refractivity contribution in [3.05, 3.63) is 34.7 Å². The predicted octanol–water partition coefficient (Wildman–Crippen LogP) is 1.92. The molecule has 0 atom stereocenters. The molecule has 2 heterocycles. The third-order valence-electron chi connectivity index (χ3n) is 1.81. The molecule has 0 aliphatic rings. The van der Waals surface area contributed by atoms with Crippen LogP contribution in [0, 0.1) is 6.92 Å². The highest BCUT2D eigenvalue weighted by molar-refractivity contribution is 9.10. The van der Waals surface area contributed by atoms with Gasteiger partial charge in [0.05, 0.1) is 18.1 Å². The second kappa shape index (κ2) is 3.42. The third kappa shape index (κ3) is 1.63. The first-order chi connectivity index (χ1) is 6.66. The van der Waals surface area contributed by atoms with E-state index in [1.165, 1.54) is 0 Å². The molecule has 4 nitrogen and oxygen atoms in total. The Morgan fingerprint density at radius 3 is 2.79 bits per heavy atom. The van der Waals surface area contributed by atoms with Gasteiger partial charge >= 0.3 is 0 Å². The van der Waals surface area contributed by atoms with Crippen molar-refractivity contribution in [2.45, 2.75) is 6.92 Å². The molecule has 0 bridgehead atoms. The van der Waals surface area contributed by atoms with Crippen molar-refractivity contribution in [2.24, 2.45) is 0 Å². The summed E-state index contributed by atoms with van der Waals surface area (Å²) >= 11 is 3.34. The lowest BCUT2D eigenvalue weighted by molar-refractivity contribution is 0.846. The number of nitrogens with zero attached hydrogens (tertiary/aromatic N) is 3. The van der Waals surface area contributed by atoms with E-state index >= 15 is 0 Å². The molecular formula is C9H9BrN4. The summed E-state index contributed by atoms with van der Waals surface area (Å²) in [5, 5.41) is 4.15. The van der Waals surface area contributed by atoms with Gasteiger partial charge in [0.15, 0.2) is 5.82 Å². The Bertz CT molecular complexity index is 464. The number of nitrogen functional groups attached to an aromatic ring is 1. The van der Waals surface area contributed by atoms with Gasteiger partial charge in [0.2, 0.25) is 0 Å². The van der Waals surface area contributed by atoms with Crippen molar-refractivity contribution in [1.82, 2.24) is 14.8 Å². The Kier molecular flexibility index (Phi) is 2.25. The van der Waals surface area contributed by atoms with Crippen LogP contribution in [-0.4, -0.2) is 14.8 Å². The summed E-state index contributed by atoms with van der Waals surface area (Å²) < 4.78 is 2.54. The molecule has 2 aromatic rings. The first-order valence-electron chi connectivity index (χ1n) is 4.09. The van der Waals surface area contributed by atoms with E-state index in [1.54, 1.807) is 17.1 Å². The number of pyridine rings is 1. The van der Waals surface area contributed by atoms with Crippen LogP contribution >= 0.6 is 15.9 Å². The molecule has 0 aliphatic heterocycles. The summed E-state index contributed by atoms with van der Waals surface area (Å²) in [7, 11) is 0. The van der Waals surface area contributed by atoms with Crippen LogP contribution in [0.25, 0.3) is 5.82 Å². The summed E-state index contributed by atoms with van der Waals surface area (Å²) in [6.07, 6.45) is 5.30. The monoisotopic (exact) mass is 252 g/mol. The zero-order valence-electron chi connectivity index (χ0n) is 7.61. The molecule has 0 radical (unpaired) electrons. The smallest absolute Gasteiger partial charge is 0.154 e. The Labute approximate surface area is 89.9 Å². The fraction of sp³-hybridized carbons (Fsp3) is 0.111. The largest absolute Gasteiger partial charge is 0.397 e. The van der Waals surface area contributed by atoms with E-state index in [-0.39, 0.29) is 0 Å². The molecule has 0 fully saturated rings. The van der Waals surface area contributed by atoms with Gasteiger partial charge in [0, 0.05) is 10.7 Å². The van der Waals surface area contributed by atoms with Gasteiger partial charge in [-0.2, -0.15) is 5.10 Å². The summed E-state index contributed by atoms with van der Waals surface area (Å²) in [4.78, 5) is 4.17. The second-order valence-electron chi connectivity index (χ2n) is 3.03. The standard InChI is InChI=1S/C9H9BrN4/c1-6-3-13-14(5-6)9-2-7(10)8(11)4-12-9/h2-5H,11H2,1H3. The number of aromatic nitrogens is 3. The van der Waals surface area contributed by atoms with Crippen LogP contribution in [0.15, 0.2) is 29.1 Å². The maximum Gasteiger partial charge on any atom is 0.154 e. The van der Waals surface area contributed by atoms with Crippen LogP contribution in [-0.2, 0) is 0 Å². The molecule has 5 heteroatoms. The zero-order chi connectivity index (χ0) is 10.1. The van der Waals surface area contributed by atoms with Gasteiger partial charge in [0.1, 0.15) is 0 Å². The van der Waals surface area contributed by atoms with Gasteiger partial charge in [-0.1, -0.05) is 0 Å². The fourth-order valence-electron chi connectivity index (χ4n) is 1.09. The molecule has 0 unspecified atom stereocenters. The average Bonchev–Trinajstić information content (AvgIpc) is 2.57. The van der Waals surface area contributed by atoms with Gasteiger partial charge in [-0.25, -0.2) is 9.67 Å². The number of halogens is 1. The van der Waals surface area contributed by atoms with Gasteiger partial charge < -0.3 is 5.73 Å². The molecule has 0 aliphatic carbocycles. The average molecular weight is 253 g/mol. The molecule has 2 N–H and O–H groups in total. The van der Waals surface area contributed by atoms with Gasteiger partial charge in [-0.05, 0) is 34.5 Å². The van der Waals surface area contributed by atoms with E-state index in [0.29, 0.717) is 5.69 Å². The predicted molar refractivity (Wildman–Crippen MR) is 58.2 cm³/mol. The van der Waals surface area contributed by atoms with Crippen molar-refractivity contribution < 1.29 is 0 Å². The van der Waals surface area contributed by atoms with E-state index in [4.69, 9.17) is 5.73 Å². The Balaban J connectivity index is 2.47. The number of rotatable bonds is 1. The fourth-order valence-corrected chi connectivity index (χ4v) is 1.40. The number of aryl methyl sites for hydroxylation is 1. The molecule has 2 rings (SSSR count). The molecular weight excluding hydrogens is 244 g/mol. The van der Waals surface area contributed by atoms with Crippen LogP contribution in [0.3, 0.4) is 0 Å². The van der Waals surface area contributed by atoms with Crippen LogP contribution in [0.1, 0.15) is 5.56 Å². The summed E-state index contributed by atoms with van der Waals surface area (Å²) in [6, 6.07) is 1.84. The van der Waals surface area contributed by atoms with Crippen LogP contribution in [0.4, 0.5) is 5.69 Å². The molecule has 0 saturated carbocycles. The Morgan fingerprint density at radius 1 is 1.43 bits per heavy atom. The van der Waals surface area contributed by atoms with E-state index in [2.05, 4.69) is 26.0 Å². The molecule has 72 valence electrons. The van der Waals surface area contributed by atoms with Gasteiger partial charge in [0.25, 0.3) is 0 Å². The minimum atomic E-state index is 0.623.